The van der Waals surface area contributed by atoms with E-state index in [9.17, 15) is 0 Å². The zero-order valence-electron chi connectivity index (χ0n) is 17.1. The zero-order valence-corrected chi connectivity index (χ0v) is 17.1. The summed E-state index contributed by atoms with van der Waals surface area (Å²) in [6, 6.07) is 21.0. The van der Waals surface area contributed by atoms with E-state index in [-0.39, 0.29) is 0 Å². The van der Waals surface area contributed by atoms with Crippen molar-refractivity contribution in [1.82, 2.24) is 5.01 Å². The van der Waals surface area contributed by atoms with E-state index in [4.69, 9.17) is 9.47 Å². The van der Waals surface area contributed by atoms with Crippen LogP contribution in [0.25, 0.3) is 10.8 Å². The lowest BCUT2D eigenvalue weighted by Crippen LogP contribution is -3.13. The Balaban J connectivity index is 1.38. The van der Waals surface area contributed by atoms with Gasteiger partial charge in [0.1, 0.15) is 18.0 Å². The lowest BCUT2D eigenvalue weighted by atomic mass is 10.0. The summed E-state index contributed by atoms with van der Waals surface area (Å²) in [5, 5.41) is 9.52. The maximum Gasteiger partial charge on any atom is 0.127 e. The van der Waals surface area contributed by atoms with Crippen LogP contribution in [0.5, 0.6) is 11.5 Å². The largest absolute Gasteiger partial charge is 0.497 e. The molecule has 0 unspecified atom stereocenters. The smallest absolute Gasteiger partial charge is 0.127 e. The fourth-order valence-corrected chi connectivity index (χ4v) is 3.90. The molecule has 0 aliphatic carbocycles. The highest BCUT2D eigenvalue weighted by Crippen LogP contribution is 2.22. The van der Waals surface area contributed by atoms with E-state index < -0.39 is 0 Å². The number of ether oxygens (including phenoxy) is 2. The van der Waals surface area contributed by atoms with Crippen LogP contribution in [0.2, 0.25) is 0 Å². The van der Waals surface area contributed by atoms with Gasteiger partial charge in [0.25, 0.3) is 0 Å². The number of nitrogens with one attached hydrogen (secondary N) is 1. The Kier molecular flexibility index (Phi) is 5.96. The predicted octanol–water partition coefficient (Wildman–Crippen LogP) is 2.59. The molecule has 3 aromatic carbocycles. The number of hydrogen-bond acceptors (Lipinski definition) is 4. The van der Waals surface area contributed by atoms with Crippen molar-refractivity contribution in [2.75, 3.05) is 40.4 Å². The molecular formula is C24H28N3O2+. The van der Waals surface area contributed by atoms with Crippen LogP contribution >= 0.6 is 0 Å². The Morgan fingerprint density at radius 1 is 0.966 bits per heavy atom. The third-order valence-corrected chi connectivity index (χ3v) is 5.56. The summed E-state index contributed by atoms with van der Waals surface area (Å²) in [6.45, 7) is 5.11. The molecule has 4 rings (SSSR count). The molecule has 1 N–H and O–H groups in total. The fraction of sp³-hybridized carbons (Fsp3) is 0.292. The van der Waals surface area contributed by atoms with Crippen LogP contribution in [0.4, 0.5) is 0 Å². The van der Waals surface area contributed by atoms with Gasteiger partial charge < -0.3 is 14.4 Å². The molecule has 1 heterocycles. The average Bonchev–Trinajstić information content (AvgIpc) is 2.78. The van der Waals surface area contributed by atoms with Crippen molar-refractivity contribution in [2.24, 2.45) is 5.10 Å². The summed E-state index contributed by atoms with van der Waals surface area (Å²) in [7, 11) is 3.34. The number of hydrogen-bond donors (Lipinski definition) is 1. The SMILES string of the molecule is COc1ccc(OC)c(/C=N\N2CC[NH+](Cc3cccc4ccccc34)CC2)c1. The van der Waals surface area contributed by atoms with Crippen molar-refractivity contribution in [2.45, 2.75) is 6.54 Å². The standard InChI is InChI=1S/C24H27N3O2/c1-28-22-10-11-24(29-2)21(16-22)17-25-27-14-12-26(13-15-27)18-20-8-5-7-19-6-3-4-9-23(19)20/h3-11,16-17H,12-15,18H2,1-2H3/p+1/b25-17-. The molecule has 0 amide bonds. The van der Waals surface area contributed by atoms with Crippen LogP contribution in [0.1, 0.15) is 11.1 Å². The van der Waals surface area contributed by atoms with E-state index in [1.54, 1.807) is 19.1 Å². The van der Waals surface area contributed by atoms with Crippen molar-refractivity contribution in [3.05, 3.63) is 71.8 Å². The van der Waals surface area contributed by atoms with Crippen molar-refractivity contribution in [3.63, 3.8) is 0 Å². The van der Waals surface area contributed by atoms with Gasteiger partial charge in [0.05, 0.1) is 46.6 Å². The van der Waals surface area contributed by atoms with Crippen LogP contribution in [0.15, 0.2) is 65.8 Å². The normalized spacial score (nSPS) is 15.2. The molecule has 0 saturated carbocycles. The lowest BCUT2D eigenvalue weighted by molar-refractivity contribution is -0.918. The summed E-state index contributed by atoms with van der Waals surface area (Å²) in [5.41, 5.74) is 2.36. The van der Waals surface area contributed by atoms with Gasteiger partial charge in [-0.3, -0.25) is 5.01 Å². The molecule has 5 nitrogen and oxygen atoms in total. The number of rotatable bonds is 6. The van der Waals surface area contributed by atoms with Crippen molar-refractivity contribution in [3.8, 4) is 11.5 Å². The average molecular weight is 391 g/mol. The molecule has 150 valence electrons. The molecule has 0 aromatic heterocycles. The molecule has 1 aliphatic rings. The summed E-state index contributed by atoms with van der Waals surface area (Å²) in [4.78, 5) is 1.60. The predicted molar refractivity (Wildman–Crippen MR) is 117 cm³/mol. The van der Waals surface area contributed by atoms with Crippen LogP contribution in [0, 0.1) is 0 Å². The third kappa shape index (κ3) is 4.51. The monoisotopic (exact) mass is 390 g/mol. The van der Waals surface area contributed by atoms with E-state index in [0.717, 1.165) is 49.8 Å². The molecule has 0 spiro atoms. The molecule has 1 fully saturated rings. The molecule has 29 heavy (non-hydrogen) atoms. The summed E-state index contributed by atoms with van der Waals surface area (Å²) < 4.78 is 10.7. The number of methoxy groups -OCH3 is 2. The topological polar surface area (TPSA) is 38.5 Å². The Morgan fingerprint density at radius 3 is 2.55 bits per heavy atom. The van der Waals surface area contributed by atoms with Crippen LogP contribution < -0.4 is 14.4 Å². The van der Waals surface area contributed by atoms with Crippen molar-refractivity contribution >= 4 is 17.0 Å². The van der Waals surface area contributed by atoms with Crippen LogP contribution in [0.3, 0.4) is 0 Å². The van der Waals surface area contributed by atoms with E-state index in [1.165, 1.54) is 16.3 Å². The van der Waals surface area contributed by atoms with Crippen LogP contribution in [-0.4, -0.2) is 51.6 Å². The van der Waals surface area contributed by atoms with Gasteiger partial charge in [0.15, 0.2) is 0 Å². The Hall–Kier alpha value is -3.05. The van der Waals surface area contributed by atoms with Gasteiger partial charge in [-0.05, 0) is 29.0 Å². The highest BCUT2D eigenvalue weighted by atomic mass is 16.5. The minimum Gasteiger partial charge on any atom is -0.497 e. The van der Waals surface area contributed by atoms with Gasteiger partial charge in [0, 0.05) is 11.1 Å². The van der Waals surface area contributed by atoms with E-state index in [1.807, 2.05) is 24.4 Å². The summed E-state index contributed by atoms with van der Waals surface area (Å²) in [5.74, 6) is 1.60. The molecular weight excluding hydrogens is 362 g/mol. The fourth-order valence-electron chi connectivity index (χ4n) is 3.90. The minimum absolute atomic E-state index is 0.801. The van der Waals surface area contributed by atoms with Crippen LogP contribution in [-0.2, 0) is 6.54 Å². The molecule has 0 radical (unpaired) electrons. The number of fused-ring (bicyclic) bond motifs is 1. The number of hydrazone groups is 1. The summed E-state index contributed by atoms with van der Waals surface area (Å²) in [6.07, 6.45) is 1.87. The van der Waals surface area contributed by atoms with Crippen molar-refractivity contribution < 1.29 is 14.4 Å². The second-order valence-corrected chi connectivity index (χ2v) is 7.37. The number of piperazine rings is 1. The number of quaternary nitrogens is 1. The molecule has 0 atom stereocenters. The van der Waals surface area contributed by atoms with Gasteiger partial charge in [-0.1, -0.05) is 42.5 Å². The first kappa shape index (κ1) is 19.3. The first-order valence-corrected chi connectivity index (χ1v) is 10.1. The lowest BCUT2D eigenvalue weighted by Gasteiger charge is -2.30. The van der Waals surface area contributed by atoms with Crippen molar-refractivity contribution in [1.29, 1.82) is 0 Å². The maximum atomic E-state index is 5.43. The van der Waals surface area contributed by atoms with E-state index in [2.05, 4.69) is 52.6 Å². The highest BCUT2D eigenvalue weighted by molar-refractivity contribution is 5.85. The second-order valence-electron chi connectivity index (χ2n) is 7.37. The summed E-state index contributed by atoms with van der Waals surface area (Å²) >= 11 is 0. The Labute approximate surface area is 172 Å². The first-order valence-electron chi connectivity index (χ1n) is 10.1. The highest BCUT2D eigenvalue weighted by Gasteiger charge is 2.19. The number of benzene rings is 3. The molecule has 0 bridgehead atoms. The van der Waals surface area contributed by atoms with E-state index >= 15 is 0 Å². The molecule has 1 aliphatic heterocycles. The zero-order chi connectivity index (χ0) is 20.1. The first-order chi connectivity index (χ1) is 14.3. The van der Waals surface area contributed by atoms with Gasteiger partial charge in [-0.2, -0.15) is 5.10 Å². The Bertz CT molecular complexity index is 989. The van der Waals surface area contributed by atoms with Gasteiger partial charge in [0.2, 0.25) is 0 Å². The maximum absolute atomic E-state index is 5.43. The molecule has 1 saturated heterocycles. The second kappa shape index (κ2) is 8.97. The molecule has 3 aromatic rings. The van der Waals surface area contributed by atoms with Gasteiger partial charge >= 0.3 is 0 Å². The third-order valence-electron chi connectivity index (χ3n) is 5.56. The quantitative estimate of drug-likeness (QED) is 0.658. The number of nitrogens with zero attached hydrogens (tertiary/aromatic N) is 2. The Morgan fingerprint density at radius 2 is 1.76 bits per heavy atom. The minimum atomic E-state index is 0.801. The van der Waals surface area contributed by atoms with Gasteiger partial charge in [-0.25, -0.2) is 0 Å². The van der Waals surface area contributed by atoms with Gasteiger partial charge in [-0.15, -0.1) is 0 Å². The van der Waals surface area contributed by atoms with E-state index in [0.29, 0.717) is 0 Å². The molecule has 5 heteroatoms.